The summed E-state index contributed by atoms with van der Waals surface area (Å²) in [6.45, 7) is 5.39. The monoisotopic (exact) mass is 238 g/mol. The van der Waals surface area contributed by atoms with Gasteiger partial charge in [-0.1, -0.05) is 6.92 Å². The number of carbonyl (C=O) groups excluding carboxylic acids is 2. The lowest BCUT2D eigenvalue weighted by molar-refractivity contribution is -0.155. The summed E-state index contributed by atoms with van der Waals surface area (Å²) in [5.41, 5.74) is 0.0597. The molecular weight excluding hydrogens is 216 g/mol. The second-order valence-electron chi connectivity index (χ2n) is 5.89. The number of hydrogen-bond acceptors (Lipinski definition) is 3. The minimum atomic E-state index is -0.189. The van der Waals surface area contributed by atoms with Crippen LogP contribution in [0, 0.1) is 17.3 Å². The molecule has 0 saturated heterocycles. The average molecular weight is 238 g/mol. The van der Waals surface area contributed by atoms with Crippen LogP contribution in [0.5, 0.6) is 0 Å². The summed E-state index contributed by atoms with van der Waals surface area (Å²) in [7, 11) is 0. The maximum Gasteiger partial charge on any atom is 0.302 e. The molecule has 2 saturated carbocycles. The van der Waals surface area contributed by atoms with Crippen LogP contribution in [-0.2, 0) is 14.3 Å². The minimum Gasteiger partial charge on any atom is -0.462 e. The highest BCUT2D eigenvalue weighted by molar-refractivity contribution is 5.79. The molecule has 0 aromatic carbocycles. The molecule has 0 radical (unpaired) electrons. The van der Waals surface area contributed by atoms with E-state index in [1.165, 1.54) is 6.92 Å². The van der Waals surface area contributed by atoms with Gasteiger partial charge in [-0.15, -0.1) is 0 Å². The van der Waals surface area contributed by atoms with Crippen molar-refractivity contribution in [3.63, 3.8) is 0 Å². The van der Waals surface area contributed by atoms with Gasteiger partial charge in [0.05, 0.1) is 0 Å². The molecule has 0 aromatic heterocycles. The third-order valence-corrected chi connectivity index (χ3v) is 4.87. The fourth-order valence-corrected chi connectivity index (χ4v) is 4.14. The molecule has 0 bridgehead atoms. The molecule has 2 unspecified atom stereocenters. The number of Topliss-reactive ketones (excluding diaryl/α,β-unsaturated/α-hetero) is 1. The fraction of sp³-hybridized carbons (Fsp3) is 0.857. The number of ether oxygens (including phenoxy) is 1. The zero-order valence-electron chi connectivity index (χ0n) is 11.0. The van der Waals surface area contributed by atoms with Crippen molar-refractivity contribution in [1.82, 2.24) is 0 Å². The zero-order valence-corrected chi connectivity index (χ0v) is 11.0. The maximum absolute atomic E-state index is 11.7. The first kappa shape index (κ1) is 12.6. The van der Waals surface area contributed by atoms with Crippen LogP contribution >= 0.6 is 0 Å². The molecule has 2 fully saturated rings. The van der Waals surface area contributed by atoms with Gasteiger partial charge in [0.25, 0.3) is 0 Å². The Morgan fingerprint density at radius 2 is 1.88 bits per heavy atom. The van der Waals surface area contributed by atoms with Crippen LogP contribution < -0.4 is 0 Å². The lowest BCUT2D eigenvalue weighted by atomic mass is 9.63. The van der Waals surface area contributed by atoms with E-state index in [0.717, 1.165) is 32.1 Å². The van der Waals surface area contributed by atoms with Crippen molar-refractivity contribution in [3.05, 3.63) is 0 Å². The molecule has 2 aliphatic carbocycles. The van der Waals surface area contributed by atoms with E-state index in [-0.39, 0.29) is 23.4 Å². The lowest BCUT2D eigenvalue weighted by Gasteiger charge is -2.43. The Bertz CT molecular complexity index is 336. The summed E-state index contributed by atoms with van der Waals surface area (Å²) < 4.78 is 5.45. The van der Waals surface area contributed by atoms with Gasteiger partial charge < -0.3 is 4.74 Å². The first-order chi connectivity index (χ1) is 7.95. The molecule has 0 N–H and O–H groups in total. The second-order valence-corrected chi connectivity index (χ2v) is 5.89. The molecule has 2 aliphatic rings. The molecule has 4 atom stereocenters. The van der Waals surface area contributed by atoms with E-state index in [1.807, 2.05) is 0 Å². The third kappa shape index (κ3) is 2.12. The van der Waals surface area contributed by atoms with Crippen molar-refractivity contribution in [2.75, 3.05) is 0 Å². The van der Waals surface area contributed by atoms with E-state index >= 15 is 0 Å². The number of rotatable bonds is 2. The van der Waals surface area contributed by atoms with Gasteiger partial charge in [-0.2, -0.15) is 0 Å². The first-order valence-corrected chi connectivity index (χ1v) is 6.63. The summed E-state index contributed by atoms with van der Waals surface area (Å²) in [5, 5.41) is 0. The molecular formula is C14H22O3. The van der Waals surface area contributed by atoms with E-state index in [9.17, 15) is 9.59 Å². The van der Waals surface area contributed by atoms with E-state index < -0.39 is 0 Å². The number of hydrogen-bond donors (Lipinski definition) is 0. The smallest absolute Gasteiger partial charge is 0.302 e. The van der Waals surface area contributed by atoms with Crippen molar-refractivity contribution in [1.29, 1.82) is 0 Å². The molecule has 0 heterocycles. The molecule has 0 amide bonds. The topological polar surface area (TPSA) is 43.4 Å². The number of fused-ring (bicyclic) bond motifs is 1. The van der Waals surface area contributed by atoms with Crippen molar-refractivity contribution in [2.24, 2.45) is 17.3 Å². The lowest BCUT2D eigenvalue weighted by Crippen LogP contribution is -2.43. The van der Waals surface area contributed by atoms with Gasteiger partial charge in [-0.3, -0.25) is 9.59 Å². The third-order valence-electron chi connectivity index (χ3n) is 4.87. The minimum absolute atomic E-state index is 0.0376. The molecule has 0 spiro atoms. The molecule has 3 heteroatoms. The highest BCUT2D eigenvalue weighted by Crippen LogP contribution is 2.56. The predicted octanol–water partition coefficient (Wildman–Crippen LogP) is 2.72. The van der Waals surface area contributed by atoms with Gasteiger partial charge >= 0.3 is 5.97 Å². The molecule has 2 rings (SSSR count). The average Bonchev–Trinajstić information content (AvgIpc) is 2.55. The van der Waals surface area contributed by atoms with E-state index in [1.54, 1.807) is 6.92 Å². The molecule has 96 valence electrons. The highest BCUT2D eigenvalue weighted by Gasteiger charge is 2.53. The summed E-state index contributed by atoms with van der Waals surface area (Å²) in [6, 6.07) is 0. The summed E-state index contributed by atoms with van der Waals surface area (Å²) in [4.78, 5) is 22.9. The Labute approximate surface area is 103 Å². The predicted molar refractivity (Wildman–Crippen MR) is 64.4 cm³/mol. The van der Waals surface area contributed by atoms with E-state index in [0.29, 0.717) is 11.7 Å². The molecule has 3 nitrogen and oxygen atoms in total. The highest BCUT2D eigenvalue weighted by atomic mass is 16.5. The summed E-state index contributed by atoms with van der Waals surface area (Å²) in [5.74, 6) is 0.670. The Hall–Kier alpha value is -0.860. The Morgan fingerprint density at radius 1 is 1.18 bits per heavy atom. The number of carbonyl (C=O) groups is 2. The van der Waals surface area contributed by atoms with Crippen LogP contribution in [0.3, 0.4) is 0 Å². The fourth-order valence-electron chi connectivity index (χ4n) is 4.14. The Balaban J connectivity index is 2.18. The van der Waals surface area contributed by atoms with Gasteiger partial charge in [-0.05, 0) is 44.4 Å². The first-order valence-electron chi connectivity index (χ1n) is 6.63. The Kier molecular flexibility index (Phi) is 3.28. The van der Waals surface area contributed by atoms with Crippen LogP contribution in [-0.4, -0.2) is 17.9 Å². The van der Waals surface area contributed by atoms with Gasteiger partial charge in [0, 0.05) is 18.8 Å². The van der Waals surface area contributed by atoms with Crippen LogP contribution in [0.1, 0.15) is 52.9 Å². The van der Waals surface area contributed by atoms with Crippen molar-refractivity contribution in [3.8, 4) is 0 Å². The largest absolute Gasteiger partial charge is 0.462 e. The van der Waals surface area contributed by atoms with Crippen LogP contribution in [0.25, 0.3) is 0 Å². The van der Waals surface area contributed by atoms with Gasteiger partial charge in [0.2, 0.25) is 0 Å². The van der Waals surface area contributed by atoms with E-state index in [4.69, 9.17) is 4.74 Å². The van der Waals surface area contributed by atoms with Gasteiger partial charge in [0.15, 0.2) is 0 Å². The van der Waals surface area contributed by atoms with Crippen molar-refractivity contribution >= 4 is 11.8 Å². The van der Waals surface area contributed by atoms with Crippen molar-refractivity contribution in [2.45, 2.75) is 59.0 Å². The molecule has 0 aliphatic heterocycles. The quantitative estimate of drug-likeness (QED) is 0.695. The van der Waals surface area contributed by atoms with Crippen LogP contribution in [0.4, 0.5) is 0 Å². The van der Waals surface area contributed by atoms with Gasteiger partial charge in [-0.25, -0.2) is 0 Å². The number of esters is 1. The molecule has 17 heavy (non-hydrogen) atoms. The van der Waals surface area contributed by atoms with E-state index in [2.05, 4.69) is 6.92 Å². The standard InChI is InChI=1S/C14H22O3/c1-9(15)11-6-7-12-13(17-10(2)16)5-4-8-14(11,12)3/h11-13H,4-8H2,1-3H3/t11-,12?,13+,14?/m0/s1. The summed E-state index contributed by atoms with van der Waals surface area (Å²) in [6.07, 6.45) is 5.15. The van der Waals surface area contributed by atoms with Crippen LogP contribution in [0.2, 0.25) is 0 Å². The zero-order chi connectivity index (χ0) is 12.6. The summed E-state index contributed by atoms with van der Waals surface area (Å²) >= 11 is 0. The molecule has 0 aromatic rings. The van der Waals surface area contributed by atoms with Crippen LogP contribution in [0.15, 0.2) is 0 Å². The number of ketones is 1. The van der Waals surface area contributed by atoms with Crippen molar-refractivity contribution < 1.29 is 14.3 Å². The SMILES string of the molecule is CC(=O)O[C@@H]1CCCC2(C)C1CC[C@H]2C(C)=O. The second kappa shape index (κ2) is 4.43. The van der Waals surface area contributed by atoms with Gasteiger partial charge in [0.1, 0.15) is 11.9 Å². The Morgan fingerprint density at radius 3 is 2.47 bits per heavy atom. The normalized spacial score (nSPS) is 40.8. The maximum atomic E-state index is 11.7.